The van der Waals surface area contributed by atoms with Gasteiger partial charge in [-0.1, -0.05) is 27.6 Å². The standard InChI is InChI=1S/C10H12BrN/c1-8-3-4-10(12-2)9(7-8)5-6-11/h3-7,12H,1-2H3/b6-5+. The van der Waals surface area contributed by atoms with Gasteiger partial charge >= 0.3 is 0 Å². The van der Waals surface area contributed by atoms with Crippen LogP contribution in [-0.2, 0) is 0 Å². The van der Waals surface area contributed by atoms with Crippen LogP contribution in [0, 0.1) is 6.92 Å². The third-order valence-corrected chi connectivity index (χ3v) is 1.98. The van der Waals surface area contributed by atoms with E-state index >= 15 is 0 Å². The third kappa shape index (κ3) is 2.11. The molecule has 0 atom stereocenters. The second kappa shape index (κ2) is 4.31. The van der Waals surface area contributed by atoms with Crippen molar-refractivity contribution in [2.24, 2.45) is 0 Å². The van der Waals surface area contributed by atoms with E-state index in [1.165, 1.54) is 11.1 Å². The quantitative estimate of drug-likeness (QED) is 0.814. The van der Waals surface area contributed by atoms with Crippen LogP contribution in [0.15, 0.2) is 23.2 Å². The molecule has 0 aliphatic heterocycles. The normalized spacial score (nSPS) is 10.6. The first-order valence-electron chi connectivity index (χ1n) is 3.83. The molecule has 12 heavy (non-hydrogen) atoms. The van der Waals surface area contributed by atoms with E-state index in [4.69, 9.17) is 0 Å². The van der Waals surface area contributed by atoms with Gasteiger partial charge in [0.25, 0.3) is 0 Å². The number of aryl methyl sites for hydroxylation is 1. The molecule has 0 spiro atoms. The van der Waals surface area contributed by atoms with Crippen molar-refractivity contribution >= 4 is 27.7 Å². The summed E-state index contributed by atoms with van der Waals surface area (Å²) in [6.45, 7) is 2.09. The van der Waals surface area contributed by atoms with Crippen LogP contribution in [0.1, 0.15) is 11.1 Å². The molecule has 0 aliphatic rings. The highest BCUT2D eigenvalue weighted by Crippen LogP contribution is 2.18. The lowest BCUT2D eigenvalue weighted by atomic mass is 10.1. The molecule has 1 rings (SSSR count). The van der Waals surface area contributed by atoms with Gasteiger partial charge in [0.05, 0.1) is 0 Å². The van der Waals surface area contributed by atoms with Crippen LogP contribution in [0.3, 0.4) is 0 Å². The van der Waals surface area contributed by atoms with Crippen LogP contribution in [0.2, 0.25) is 0 Å². The Kier molecular flexibility index (Phi) is 3.35. The Morgan fingerprint density at radius 2 is 2.17 bits per heavy atom. The summed E-state index contributed by atoms with van der Waals surface area (Å²) in [6.07, 6.45) is 2.03. The summed E-state index contributed by atoms with van der Waals surface area (Å²) in [6, 6.07) is 6.32. The van der Waals surface area contributed by atoms with Crippen molar-refractivity contribution in [2.75, 3.05) is 12.4 Å². The molecule has 1 aromatic rings. The van der Waals surface area contributed by atoms with Crippen LogP contribution in [0.4, 0.5) is 5.69 Å². The first-order valence-corrected chi connectivity index (χ1v) is 4.74. The molecule has 0 amide bonds. The Balaban J connectivity index is 3.12. The van der Waals surface area contributed by atoms with Gasteiger partial charge in [0, 0.05) is 12.7 Å². The van der Waals surface area contributed by atoms with E-state index in [0.717, 1.165) is 5.69 Å². The second-order valence-electron chi connectivity index (χ2n) is 2.63. The minimum atomic E-state index is 1.15. The maximum absolute atomic E-state index is 3.27. The Morgan fingerprint density at radius 1 is 1.42 bits per heavy atom. The first-order chi connectivity index (χ1) is 5.77. The number of anilines is 1. The molecule has 1 nitrogen and oxygen atoms in total. The summed E-state index contributed by atoms with van der Waals surface area (Å²) < 4.78 is 0. The zero-order valence-electron chi connectivity index (χ0n) is 7.26. The van der Waals surface area contributed by atoms with Gasteiger partial charge in [-0.3, -0.25) is 0 Å². The average Bonchev–Trinajstić information content (AvgIpc) is 2.05. The molecular formula is C10H12BrN. The summed E-state index contributed by atoms with van der Waals surface area (Å²) >= 11 is 3.27. The average molecular weight is 226 g/mol. The van der Waals surface area contributed by atoms with Gasteiger partial charge in [-0.25, -0.2) is 0 Å². The largest absolute Gasteiger partial charge is 0.388 e. The lowest BCUT2D eigenvalue weighted by Gasteiger charge is -2.05. The minimum absolute atomic E-state index is 1.15. The van der Waals surface area contributed by atoms with Gasteiger partial charge in [-0.2, -0.15) is 0 Å². The fourth-order valence-electron chi connectivity index (χ4n) is 1.12. The number of halogens is 1. The van der Waals surface area contributed by atoms with E-state index in [-0.39, 0.29) is 0 Å². The molecule has 1 N–H and O–H groups in total. The number of rotatable bonds is 2. The van der Waals surface area contributed by atoms with Crippen LogP contribution < -0.4 is 5.32 Å². The van der Waals surface area contributed by atoms with Crippen molar-refractivity contribution in [3.63, 3.8) is 0 Å². The van der Waals surface area contributed by atoms with Gasteiger partial charge in [0.2, 0.25) is 0 Å². The van der Waals surface area contributed by atoms with Crippen molar-refractivity contribution in [3.05, 3.63) is 34.3 Å². The van der Waals surface area contributed by atoms with Crippen LogP contribution in [-0.4, -0.2) is 7.05 Å². The molecule has 0 aromatic heterocycles. The van der Waals surface area contributed by atoms with E-state index in [1.807, 2.05) is 18.1 Å². The fourth-order valence-corrected chi connectivity index (χ4v) is 1.40. The van der Waals surface area contributed by atoms with Gasteiger partial charge in [-0.05, 0) is 35.7 Å². The maximum Gasteiger partial charge on any atom is 0.0411 e. The lowest BCUT2D eigenvalue weighted by Crippen LogP contribution is -1.91. The molecule has 0 radical (unpaired) electrons. The van der Waals surface area contributed by atoms with Gasteiger partial charge in [-0.15, -0.1) is 0 Å². The molecule has 0 unspecified atom stereocenters. The summed E-state index contributed by atoms with van der Waals surface area (Å²) in [4.78, 5) is 1.86. The van der Waals surface area contributed by atoms with Gasteiger partial charge in [0.15, 0.2) is 0 Å². The van der Waals surface area contributed by atoms with Crippen LogP contribution >= 0.6 is 15.9 Å². The number of hydrogen-bond donors (Lipinski definition) is 1. The summed E-state index contributed by atoms with van der Waals surface area (Å²) in [5.74, 6) is 0. The fraction of sp³-hybridized carbons (Fsp3) is 0.200. The summed E-state index contributed by atoms with van der Waals surface area (Å²) in [5.41, 5.74) is 3.63. The highest BCUT2D eigenvalue weighted by Gasteiger charge is 1.95. The highest BCUT2D eigenvalue weighted by molar-refractivity contribution is 9.11. The number of benzene rings is 1. The Bertz CT molecular complexity index is 292. The van der Waals surface area contributed by atoms with E-state index in [0.29, 0.717) is 0 Å². The Labute approximate surface area is 81.6 Å². The van der Waals surface area contributed by atoms with E-state index in [9.17, 15) is 0 Å². The summed E-state index contributed by atoms with van der Waals surface area (Å²) in [7, 11) is 1.93. The SMILES string of the molecule is CNc1ccc(C)cc1/C=C/Br. The van der Waals surface area contributed by atoms with E-state index < -0.39 is 0 Å². The monoisotopic (exact) mass is 225 g/mol. The van der Waals surface area contributed by atoms with Crippen molar-refractivity contribution in [3.8, 4) is 0 Å². The van der Waals surface area contributed by atoms with E-state index in [2.05, 4.69) is 46.4 Å². The zero-order valence-corrected chi connectivity index (χ0v) is 8.85. The van der Waals surface area contributed by atoms with Crippen molar-refractivity contribution in [2.45, 2.75) is 6.92 Å². The molecule has 0 saturated carbocycles. The second-order valence-corrected chi connectivity index (χ2v) is 3.16. The minimum Gasteiger partial charge on any atom is -0.388 e. The zero-order chi connectivity index (χ0) is 8.97. The summed E-state index contributed by atoms with van der Waals surface area (Å²) in [5, 5.41) is 3.14. The predicted molar refractivity (Wildman–Crippen MR) is 58.7 cm³/mol. The molecule has 0 saturated heterocycles. The van der Waals surface area contributed by atoms with Crippen LogP contribution in [0.5, 0.6) is 0 Å². The molecule has 2 heteroatoms. The Morgan fingerprint density at radius 3 is 2.75 bits per heavy atom. The maximum atomic E-state index is 3.27. The third-order valence-electron chi connectivity index (χ3n) is 1.72. The topological polar surface area (TPSA) is 12.0 Å². The van der Waals surface area contributed by atoms with Crippen molar-refractivity contribution < 1.29 is 0 Å². The number of hydrogen-bond acceptors (Lipinski definition) is 1. The molecule has 0 fully saturated rings. The molecule has 1 aromatic carbocycles. The lowest BCUT2D eigenvalue weighted by molar-refractivity contribution is 1.42. The molecule has 64 valence electrons. The smallest absolute Gasteiger partial charge is 0.0411 e. The molecule has 0 bridgehead atoms. The highest BCUT2D eigenvalue weighted by atomic mass is 79.9. The van der Waals surface area contributed by atoms with Crippen LogP contribution in [0.25, 0.3) is 6.08 Å². The van der Waals surface area contributed by atoms with Crippen molar-refractivity contribution in [1.82, 2.24) is 0 Å². The van der Waals surface area contributed by atoms with Crippen molar-refractivity contribution in [1.29, 1.82) is 0 Å². The first kappa shape index (κ1) is 9.33. The van der Waals surface area contributed by atoms with Gasteiger partial charge < -0.3 is 5.32 Å². The molecule has 0 heterocycles. The number of nitrogens with one attached hydrogen (secondary N) is 1. The van der Waals surface area contributed by atoms with Gasteiger partial charge in [0.1, 0.15) is 0 Å². The Hall–Kier alpha value is -0.760. The van der Waals surface area contributed by atoms with E-state index in [1.54, 1.807) is 0 Å². The predicted octanol–water partition coefficient (Wildman–Crippen LogP) is 3.40. The molecule has 0 aliphatic carbocycles. The molecular weight excluding hydrogens is 214 g/mol.